The third-order valence-electron chi connectivity index (χ3n) is 4.61. The molecule has 1 heterocycles. The lowest BCUT2D eigenvalue weighted by Gasteiger charge is -2.13. The van der Waals surface area contributed by atoms with Gasteiger partial charge in [0.05, 0.1) is 0 Å². The van der Waals surface area contributed by atoms with Gasteiger partial charge in [-0.3, -0.25) is 4.79 Å². The number of nitrogens with zero attached hydrogens (tertiary/aromatic N) is 2. The van der Waals surface area contributed by atoms with E-state index in [0.717, 1.165) is 39.0 Å². The third kappa shape index (κ3) is 3.55. The molecule has 28 heavy (non-hydrogen) atoms. The maximum absolute atomic E-state index is 11.2. The number of aryl methyl sites for hydroxylation is 1. The molecule has 4 aromatic rings. The predicted molar refractivity (Wildman–Crippen MR) is 109 cm³/mol. The van der Waals surface area contributed by atoms with E-state index in [1.807, 2.05) is 61.8 Å². The van der Waals surface area contributed by atoms with Gasteiger partial charge >= 0.3 is 0 Å². The molecule has 2 N–H and O–H groups in total. The molecule has 1 aromatic heterocycles. The molecule has 1 amide bonds. The van der Waals surface area contributed by atoms with Gasteiger partial charge in [-0.15, -0.1) is 0 Å². The van der Waals surface area contributed by atoms with Crippen LogP contribution in [0.4, 0.5) is 0 Å². The lowest BCUT2D eigenvalue weighted by Crippen LogP contribution is -2.10. The Bertz CT molecular complexity index is 1140. The fourth-order valence-corrected chi connectivity index (χ4v) is 3.11. The van der Waals surface area contributed by atoms with Crippen LogP contribution in [0.2, 0.25) is 0 Å². The number of carbonyl (C=O) groups excluding carboxylic acids is 1. The number of amides is 1. The quantitative estimate of drug-likeness (QED) is 0.569. The molecule has 0 aliphatic heterocycles. The maximum Gasteiger partial charge on any atom is 0.248 e. The molecule has 0 bridgehead atoms. The summed E-state index contributed by atoms with van der Waals surface area (Å²) in [6.07, 6.45) is 3.68. The highest BCUT2D eigenvalue weighted by Gasteiger charge is 2.10. The normalized spacial score (nSPS) is 10.8. The number of fused-ring (bicyclic) bond motifs is 1. The van der Waals surface area contributed by atoms with Crippen molar-refractivity contribution in [2.24, 2.45) is 5.73 Å². The SMILES string of the molecule is Cc1ncc(-c2ccc(OCc3ccc(C(N)=O)cc3)c3ccccc23)cn1. The summed E-state index contributed by atoms with van der Waals surface area (Å²) >= 11 is 0. The van der Waals surface area contributed by atoms with Crippen molar-refractivity contribution in [1.29, 1.82) is 0 Å². The molecule has 4 rings (SSSR count). The highest BCUT2D eigenvalue weighted by atomic mass is 16.5. The number of hydrogen-bond acceptors (Lipinski definition) is 4. The highest BCUT2D eigenvalue weighted by molar-refractivity contribution is 5.99. The van der Waals surface area contributed by atoms with Crippen molar-refractivity contribution in [2.75, 3.05) is 0 Å². The zero-order chi connectivity index (χ0) is 19.5. The van der Waals surface area contributed by atoms with Crippen molar-refractivity contribution in [3.63, 3.8) is 0 Å². The fraction of sp³-hybridized carbons (Fsp3) is 0.0870. The zero-order valence-corrected chi connectivity index (χ0v) is 15.4. The van der Waals surface area contributed by atoms with Crippen molar-refractivity contribution < 1.29 is 9.53 Å². The van der Waals surface area contributed by atoms with Crippen molar-refractivity contribution >= 4 is 16.7 Å². The van der Waals surface area contributed by atoms with Crippen LogP contribution in [-0.4, -0.2) is 15.9 Å². The topological polar surface area (TPSA) is 78.1 Å². The van der Waals surface area contributed by atoms with Crippen molar-refractivity contribution in [3.8, 4) is 16.9 Å². The lowest BCUT2D eigenvalue weighted by molar-refractivity contribution is 0.1000. The van der Waals surface area contributed by atoms with Crippen molar-refractivity contribution in [2.45, 2.75) is 13.5 Å². The molecule has 5 nitrogen and oxygen atoms in total. The van der Waals surface area contributed by atoms with E-state index in [0.29, 0.717) is 12.2 Å². The van der Waals surface area contributed by atoms with Gasteiger partial charge in [-0.2, -0.15) is 0 Å². The van der Waals surface area contributed by atoms with Crippen LogP contribution >= 0.6 is 0 Å². The van der Waals surface area contributed by atoms with Gasteiger partial charge in [0, 0.05) is 28.9 Å². The van der Waals surface area contributed by atoms with Crippen LogP contribution in [0, 0.1) is 6.92 Å². The summed E-state index contributed by atoms with van der Waals surface area (Å²) in [7, 11) is 0. The van der Waals surface area contributed by atoms with Crippen molar-refractivity contribution in [1.82, 2.24) is 9.97 Å². The Kier molecular flexibility index (Phi) is 4.72. The van der Waals surface area contributed by atoms with Gasteiger partial charge in [-0.25, -0.2) is 9.97 Å². The Morgan fingerprint density at radius 2 is 1.61 bits per heavy atom. The van der Waals surface area contributed by atoms with Gasteiger partial charge in [-0.1, -0.05) is 36.4 Å². The summed E-state index contributed by atoms with van der Waals surface area (Å²) in [5, 5.41) is 2.10. The molecule has 0 atom stereocenters. The van der Waals surface area contributed by atoms with Gasteiger partial charge in [0.1, 0.15) is 18.2 Å². The minimum Gasteiger partial charge on any atom is -0.488 e. The first kappa shape index (κ1) is 17.7. The average molecular weight is 369 g/mol. The van der Waals surface area contributed by atoms with E-state index in [9.17, 15) is 4.79 Å². The summed E-state index contributed by atoms with van der Waals surface area (Å²) in [5.74, 6) is 1.11. The first-order valence-corrected chi connectivity index (χ1v) is 8.94. The van der Waals surface area contributed by atoms with E-state index in [4.69, 9.17) is 10.5 Å². The van der Waals surface area contributed by atoms with Gasteiger partial charge < -0.3 is 10.5 Å². The van der Waals surface area contributed by atoms with Crippen LogP contribution in [-0.2, 0) is 6.61 Å². The van der Waals surface area contributed by atoms with E-state index in [1.54, 1.807) is 12.1 Å². The van der Waals surface area contributed by atoms with E-state index >= 15 is 0 Å². The average Bonchev–Trinajstić information content (AvgIpc) is 2.73. The number of rotatable bonds is 5. The number of carbonyl (C=O) groups is 1. The summed E-state index contributed by atoms with van der Waals surface area (Å²) < 4.78 is 6.07. The standard InChI is InChI=1S/C23H19N3O2/c1-15-25-12-18(13-26-15)19-10-11-22(21-5-3-2-4-20(19)21)28-14-16-6-8-17(9-7-16)23(24)27/h2-13H,14H2,1H3,(H2,24,27). The molecule has 138 valence electrons. The van der Waals surface area contributed by atoms with Gasteiger partial charge in [-0.05, 0) is 47.7 Å². The predicted octanol–water partition coefficient (Wildman–Crippen LogP) is 4.28. The Labute approximate surface area is 162 Å². The number of primary amides is 1. The molecule has 3 aromatic carbocycles. The van der Waals surface area contributed by atoms with E-state index in [2.05, 4.69) is 16.0 Å². The minimum absolute atomic E-state index is 0.399. The first-order valence-electron chi connectivity index (χ1n) is 8.94. The van der Waals surface area contributed by atoms with Gasteiger partial charge in [0.2, 0.25) is 5.91 Å². The van der Waals surface area contributed by atoms with Crippen LogP contribution < -0.4 is 10.5 Å². The molecule has 0 saturated heterocycles. The van der Waals surface area contributed by atoms with Gasteiger partial charge in [0.25, 0.3) is 0 Å². The van der Waals surface area contributed by atoms with Crippen LogP contribution in [0.15, 0.2) is 73.1 Å². The Morgan fingerprint density at radius 1 is 0.929 bits per heavy atom. The van der Waals surface area contributed by atoms with E-state index in [1.165, 1.54) is 0 Å². The molecule has 0 unspecified atom stereocenters. The van der Waals surface area contributed by atoms with E-state index < -0.39 is 5.91 Å². The van der Waals surface area contributed by atoms with Gasteiger partial charge in [0.15, 0.2) is 0 Å². The monoisotopic (exact) mass is 369 g/mol. The molecule has 0 fully saturated rings. The maximum atomic E-state index is 11.2. The number of benzene rings is 3. The number of aromatic nitrogens is 2. The van der Waals surface area contributed by atoms with Crippen LogP contribution in [0.25, 0.3) is 21.9 Å². The molecule has 0 aliphatic carbocycles. The summed E-state index contributed by atoms with van der Waals surface area (Å²) in [6.45, 7) is 2.27. The second-order valence-electron chi connectivity index (χ2n) is 6.53. The summed E-state index contributed by atoms with van der Waals surface area (Å²) in [6, 6.07) is 19.2. The molecule has 0 saturated carbocycles. The van der Waals surface area contributed by atoms with Crippen LogP contribution in [0.5, 0.6) is 5.75 Å². The fourth-order valence-electron chi connectivity index (χ4n) is 3.11. The molecule has 5 heteroatoms. The van der Waals surface area contributed by atoms with E-state index in [-0.39, 0.29) is 0 Å². The molecular formula is C23H19N3O2. The second kappa shape index (κ2) is 7.48. The molecule has 0 aliphatic rings. The lowest BCUT2D eigenvalue weighted by atomic mass is 9.99. The van der Waals surface area contributed by atoms with Crippen LogP contribution in [0.1, 0.15) is 21.7 Å². The largest absolute Gasteiger partial charge is 0.488 e. The Hall–Kier alpha value is -3.73. The number of hydrogen-bond donors (Lipinski definition) is 1. The van der Waals surface area contributed by atoms with Crippen molar-refractivity contribution in [3.05, 3.63) is 90.0 Å². The first-order chi connectivity index (χ1) is 13.6. The molecular weight excluding hydrogens is 350 g/mol. The molecule has 0 spiro atoms. The minimum atomic E-state index is -0.436. The second-order valence-corrected chi connectivity index (χ2v) is 6.53. The highest BCUT2D eigenvalue weighted by Crippen LogP contribution is 2.34. The molecule has 0 radical (unpaired) electrons. The Balaban J connectivity index is 1.64. The summed E-state index contributed by atoms with van der Waals surface area (Å²) in [4.78, 5) is 19.8. The van der Waals surface area contributed by atoms with Crippen LogP contribution in [0.3, 0.4) is 0 Å². The third-order valence-corrected chi connectivity index (χ3v) is 4.61. The smallest absolute Gasteiger partial charge is 0.248 e. The number of ether oxygens (including phenoxy) is 1. The number of nitrogens with two attached hydrogens (primary N) is 1. The summed E-state index contributed by atoms with van der Waals surface area (Å²) in [5.41, 5.74) is 8.76. The Morgan fingerprint density at radius 3 is 2.29 bits per heavy atom. The zero-order valence-electron chi connectivity index (χ0n) is 15.4.